The first kappa shape index (κ1) is 15.3. The zero-order valence-corrected chi connectivity index (χ0v) is 12.6. The molecule has 0 unspecified atom stereocenters. The van der Waals surface area contributed by atoms with Gasteiger partial charge in [0.1, 0.15) is 11.5 Å². The van der Waals surface area contributed by atoms with Crippen molar-refractivity contribution >= 4 is 0 Å². The van der Waals surface area contributed by atoms with Crippen LogP contribution in [-0.4, -0.2) is 18.1 Å². The van der Waals surface area contributed by atoms with Crippen LogP contribution in [0.4, 0.5) is 0 Å². The van der Waals surface area contributed by atoms with Crippen LogP contribution >= 0.6 is 0 Å². The average Bonchev–Trinajstić information content (AvgIpc) is 2.53. The first-order chi connectivity index (χ1) is 10.3. The van der Waals surface area contributed by atoms with Crippen molar-refractivity contribution in [2.75, 3.05) is 13.2 Å². The molecule has 1 aromatic carbocycles. The monoisotopic (exact) mass is 286 g/mol. The summed E-state index contributed by atoms with van der Waals surface area (Å²) in [7, 11) is 0. The first-order valence-electron chi connectivity index (χ1n) is 7.39. The smallest absolute Gasteiger partial charge is 0.219 e. The van der Waals surface area contributed by atoms with Crippen molar-refractivity contribution in [3.05, 3.63) is 48.2 Å². The van der Waals surface area contributed by atoms with Crippen LogP contribution in [0.25, 0.3) is 0 Å². The molecule has 0 bridgehead atoms. The molecule has 0 spiro atoms. The molecule has 4 nitrogen and oxygen atoms in total. The van der Waals surface area contributed by atoms with E-state index in [9.17, 15) is 0 Å². The number of hydrogen-bond donors (Lipinski definition) is 1. The molecule has 0 fully saturated rings. The van der Waals surface area contributed by atoms with E-state index in [-0.39, 0.29) is 0 Å². The van der Waals surface area contributed by atoms with Crippen molar-refractivity contribution in [2.24, 2.45) is 0 Å². The number of ether oxygens (including phenoxy) is 2. The lowest BCUT2D eigenvalue weighted by atomic mass is 10.3. The average molecular weight is 286 g/mol. The van der Waals surface area contributed by atoms with E-state index in [0.717, 1.165) is 43.3 Å². The highest BCUT2D eigenvalue weighted by Gasteiger charge is 2.01. The zero-order valence-electron chi connectivity index (χ0n) is 12.6. The highest BCUT2D eigenvalue weighted by atomic mass is 16.5. The van der Waals surface area contributed by atoms with Gasteiger partial charge >= 0.3 is 0 Å². The summed E-state index contributed by atoms with van der Waals surface area (Å²) in [4.78, 5) is 4.46. The fourth-order valence-electron chi connectivity index (χ4n) is 1.81. The summed E-state index contributed by atoms with van der Waals surface area (Å²) in [6.07, 6.45) is 1.00. The Hall–Kier alpha value is -2.07. The van der Waals surface area contributed by atoms with Gasteiger partial charge in [-0.15, -0.1) is 0 Å². The minimum atomic E-state index is 0.604. The fourth-order valence-corrected chi connectivity index (χ4v) is 1.81. The maximum absolute atomic E-state index is 5.76. The molecule has 0 saturated carbocycles. The molecule has 112 valence electrons. The van der Waals surface area contributed by atoms with Crippen molar-refractivity contribution in [1.29, 1.82) is 0 Å². The molecule has 0 radical (unpaired) electrons. The summed E-state index contributed by atoms with van der Waals surface area (Å²) >= 11 is 0. The van der Waals surface area contributed by atoms with Gasteiger partial charge in [-0.3, -0.25) is 0 Å². The van der Waals surface area contributed by atoms with Crippen LogP contribution in [0.2, 0.25) is 0 Å². The van der Waals surface area contributed by atoms with Gasteiger partial charge in [-0.25, -0.2) is 4.98 Å². The second-order valence-corrected chi connectivity index (χ2v) is 4.67. The summed E-state index contributed by atoms with van der Waals surface area (Å²) in [5, 5.41) is 3.25. The Balaban J connectivity index is 1.97. The Morgan fingerprint density at radius 2 is 1.76 bits per heavy atom. The fraction of sp³-hybridized carbons (Fsp3) is 0.353. The van der Waals surface area contributed by atoms with Crippen molar-refractivity contribution in [2.45, 2.75) is 26.8 Å². The van der Waals surface area contributed by atoms with Crippen molar-refractivity contribution < 1.29 is 9.47 Å². The van der Waals surface area contributed by atoms with Gasteiger partial charge in [-0.2, -0.15) is 0 Å². The molecule has 0 saturated heterocycles. The van der Waals surface area contributed by atoms with Crippen molar-refractivity contribution in [1.82, 2.24) is 10.3 Å². The summed E-state index contributed by atoms with van der Waals surface area (Å²) in [5.74, 6) is 2.22. The van der Waals surface area contributed by atoms with Gasteiger partial charge < -0.3 is 14.8 Å². The highest BCUT2D eigenvalue weighted by molar-refractivity contribution is 5.33. The SMILES string of the molecule is CCCOc1ccc(Oc2cccc(CNCC)n2)cc1. The maximum atomic E-state index is 5.76. The minimum Gasteiger partial charge on any atom is -0.494 e. The number of hydrogen-bond acceptors (Lipinski definition) is 4. The summed E-state index contributed by atoms with van der Waals surface area (Å²) < 4.78 is 11.3. The lowest BCUT2D eigenvalue weighted by Gasteiger charge is -2.08. The third kappa shape index (κ3) is 5.08. The van der Waals surface area contributed by atoms with Gasteiger partial charge in [-0.05, 0) is 43.3 Å². The molecule has 1 heterocycles. The van der Waals surface area contributed by atoms with E-state index in [0.29, 0.717) is 5.88 Å². The van der Waals surface area contributed by atoms with Gasteiger partial charge in [0.15, 0.2) is 0 Å². The van der Waals surface area contributed by atoms with Gasteiger partial charge in [-0.1, -0.05) is 19.9 Å². The normalized spacial score (nSPS) is 10.4. The van der Waals surface area contributed by atoms with Crippen LogP contribution in [-0.2, 0) is 6.54 Å². The van der Waals surface area contributed by atoms with Gasteiger partial charge in [0.25, 0.3) is 0 Å². The van der Waals surface area contributed by atoms with Crippen molar-refractivity contribution in [3.8, 4) is 17.4 Å². The van der Waals surface area contributed by atoms with E-state index in [4.69, 9.17) is 9.47 Å². The molecule has 0 aliphatic heterocycles. The Bertz CT molecular complexity index is 541. The molecular weight excluding hydrogens is 264 g/mol. The molecule has 2 rings (SSSR count). The molecule has 0 aliphatic carbocycles. The van der Waals surface area contributed by atoms with Crippen LogP contribution in [0.3, 0.4) is 0 Å². The number of nitrogens with one attached hydrogen (secondary N) is 1. The second-order valence-electron chi connectivity index (χ2n) is 4.67. The summed E-state index contributed by atoms with van der Waals surface area (Å²) in [6, 6.07) is 13.4. The summed E-state index contributed by atoms with van der Waals surface area (Å²) in [6.45, 7) is 6.56. The molecular formula is C17H22N2O2. The Morgan fingerprint density at radius 1 is 1.00 bits per heavy atom. The molecule has 0 atom stereocenters. The van der Waals surface area contributed by atoms with Crippen LogP contribution < -0.4 is 14.8 Å². The quantitative estimate of drug-likeness (QED) is 0.802. The zero-order chi connectivity index (χ0) is 14.9. The predicted octanol–water partition coefficient (Wildman–Crippen LogP) is 3.77. The molecule has 0 aliphatic rings. The number of aromatic nitrogens is 1. The van der Waals surface area contributed by atoms with E-state index < -0.39 is 0 Å². The van der Waals surface area contributed by atoms with Crippen LogP contribution in [0.15, 0.2) is 42.5 Å². The van der Waals surface area contributed by atoms with E-state index >= 15 is 0 Å². The molecule has 1 N–H and O–H groups in total. The second kappa shape index (κ2) is 8.27. The Kier molecular flexibility index (Phi) is 6.03. The van der Waals surface area contributed by atoms with Gasteiger partial charge in [0, 0.05) is 12.6 Å². The van der Waals surface area contributed by atoms with Crippen molar-refractivity contribution in [3.63, 3.8) is 0 Å². The molecule has 2 aromatic rings. The van der Waals surface area contributed by atoms with Crippen LogP contribution in [0, 0.1) is 0 Å². The summed E-state index contributed by atoms with van der Waals surface area (Å²) in [5.41, 5.74) is 0.970. The van der Waals surface area contributed by atoms with Gasteiger partial charge in [0.2, 0.25) is 5.88 Å². The van der Waals surface area contributed by atoms with Crippen LogP contribution in [0.5, 0.6) is 17.4 Å². The van der Waals surface area contributed by atoms with E-state index in [1.54, 1.807) is 0 Å². The Morgan fingerprint density at radius 3 is 2.48 bits per heavy atom. The number of benzene rings is 1. The molecule has 0 amide bonds. The standard InChI is InChI=1S/C17H22N2O2/c1-3-12-20-15-8-10-16(11-9-15)21-17-7-5-6-14(19-17)13-18-4-2/h5-11,18H,3-4,12-13H2,1-2H3. The van der Waals surface area contributed by atoms with Gasteiger partial charge in [0.05, 0.1) is 12.3 Å². The first-order valence-corrected chi connectivity index (χ1v) is 7.39. The maximum Gasteiger partial charge on any atom is 0.219 e. The largest absolute Gasteiger partial charge is 0.494 e. The number of rotatable bonds is 8. The topological polar surface area (TPSA) is 43.4 Å². The van der Waals surface area contributed by atoms with E-state index in [1.807, 2.05) is 42.5 Å². The molecule has 21 heavy (non-hydrogen) atoms. The van der Waals surface area contributed by atoms with E-state index in [2.05, 4.69) is 24.1 Å². The number of nitrogens with zero attached hydrogens (tertiary/aromatic N) is 1. The highest BCUT2D eigenvalue weighted by Crippen LogP contribution is 2.22. The predicted molar refractivity (Wildman–Crippen MR) is 83.9 cm³/mol. The lowest BCUT2D eigenvalue weighted by molar-refractivity contribution is 0.317. The molecule has 1 aromatic heterocycles. The third-order valence-electron chi connectivity index (χ3n) is 2.86. The van der Waals surface area contributed by atoms with E-state index in [1.165, 1.54) is 0 Å². The third-order valence-corrected chi connectivity index (χ3v) is 2.86. The lowest BCUT2D eigenvalue weighted by Crippen LogP contribution is -2.12. The minimum absolute atomic E-state index is 0.604. The van der Waals surface area contributed by atoms with Crippen LogP contribution in [0.1, 0.15) is 26.0 Å². The Labute approximate surface area is 126 Å². The number of pyridine rings is 1. The molecule has 4 heteroatoms.